The third-order valence-corrected chi connectivity index (χ3v) is 2.31. The maximum Gasteiger partial charge on any atom is 0.139 e. The third kappa shape index (κ3) is 1.48. The lowest BCUT2D eigenvalue weighted by atomic mass is 9.94. The van der Waals surface area contributed by atoms with Gasteiger partial charge in [-0.05, 0) is 26.2 Å². The van der Waals surface area contributed by atoms with Crippen molar-refractivity contribution >= 4 is 7.85 Å². The average Bonchev–Trinajstić information content (AvgIpc) is 2.13. The van der Waals surface area contributed by atoms with Gasteiger partial charge in [-0.15, -0.1) is 0 Å². The first-order valence-corrected chi connectivity index (χ1v) is 3.84. The standard InChI is InChI=1S/C7H15BO/c1-3-7(2)5-4-6(8)9-7/h6H,3-5,8H2,1-2H3/t6-,7-/m1/s1. The van der Waals surface area contributed by atoms with Crippen molar-refractivity contribution in [3.63, 3.8) is 0 Å². The molecule has 0 N–H and O–H groups in total. The molecule has 0 amide bonds. The van der Waals surface area contributed by atoms with Gasteiger partial charge in [0.25, 0.3) is 0 Å². The molecule has 0 aromatic rings. The van der Waals surface area contributed by atoms with Crippen LogP contribution in [0.5, 0.6) is 0 Å². The van der Waals surface area contributed by atoms with Gasteiger partial charge in [0.2, 0.25) is 0 Å². The monoisotopic (exact) mass is 126 g/mol. The van der Waals surface area contributed by atoms with Crippen LogP contribution >= 0.6 is 0 Å². The Bertz CT molecular complexity index is 105. The molecule has 1 saturated heterocycles. The van der Waals surface area contributed by atoms with Crippen molar-refractivity contribution in [3.8, 4) is 0 Å². The summed E-state index contributed by atoms with van der Waals surface area (Å²) in [6.45, 7) is 4.40. The Morgan fingerprint density at radius 2 is 2.44 bits per heavy atom. The van der Waals surface area contributed by atoms with E-state index in [0.717, 1.165) is 6.42 Å². The van der Waals surface area contributed by atoms with E-state index in [0.29, 0.717) is 6.00 Å². The molecular weight excluding hydrogens is 111 g/mol. The molecule has 1 aliphatic heterocycles. The predicted molar refractivity (Wildman–Crippen MR) is 41.3 cm³/mol. The molecule has 1 nitrogen and oxygen atoms in total. The maximum absolute atomic E-state index is 5.70. The molecule has 1 aliphatic rings. The van der Waals surface area contributed by atoms with Gasteiger partial charge in [-0.1, -0.05) is 6.92 Å². The number of hydrogen-bond acceptors (Lipinski definition) is 1. The Morgan fingerprint density at radius 1 is 1.78 bits per heavy atom. The lowest BCUT2D eigenvalue weighted by Crippen LogP contribution is -2.23. The Morgan fingerprint density at radius 3 is 2.67 bits per heavy atom. The van der Waals surface area contributed by atoms with E-state index in [1.807, 2.05) is 0 Å². The first kappa shape index (κ1) is 7.14. The van der Waals surface area contributed by atoms with E-state index in [1.165, 1.54) is 12.8 Å². The van der Waals surface area contributed by atoms with E-state index in [4.69, 9.17) is 4.74 Å². The summed E-state index contributed by atoms with van der Waals surface area (Å²) >= 11 is 0. The van der Waals surface area contributed by atoms with Crippen LogP contribution in [0.3, 0.4) is 0 Å². The van der Waals surface area contributed by atoms with Gasteiger partial charge < -0.3 is 4.74 Å². The van der Waals surface area contributed by atoms with Crippen molar-refractivity contribution in [2.24, 2.45) is 0 Å². The minimum atomic E-state index is 0.208. The molecule has 9 heavy (non-hydrogen) atoms. The van der Waals surface area contributed by atoms with Crippen LogP contribution in [0.4, 0.5) is 0 Å². The second-order valence-corrected chi connectivity index (χ2v) is 3.27. The van der Waals surface area contributed by atoms with Crippen molar-refractivity contribution in [2.75, 3.05) is 0 Å². The lowest BCUT2D eigenvalue weighted by molar-refractivity contribution is 0.000542. The molecule has 1 fully saturated rings. The molecule has 0 saturated carbocycles. The van der Waals surface area contributed by atoms with Crippen LogP contribution < -0.4 is 0 Å². The predicted octanol–water partition coefficient (Wildman–Crippen LogP) is 0.925. The quantitative estimate of drug-likeness (QED) is 0.475. The first-order valence-electron chi connectivity index (χ1n) is 3.84. The van der Waals surface area contributed by atoms with Crippen LogP contribution in [0.2, 0.25) is 0 Å². The minimum Gasteiger partial charge on any atom is -0.381 e. The smallest absolute Gasteiger partial charge is 0.139 e. The maximum atomic E-state index is 5.70. The van der Waals surface area contributed by atoms with Crippen molar-refractivity contribution < 1.29 is 4.74 Å². The van der Waals surface area contributed by atoms with E-state index in [-0.39, 0.29) is 5.60 Å². The SMILES string of the molecule is B[C@H]1CC[C@@](C)(CC)O1. The topological polar surface area (TPSA) is 9.23 Å². The fourth-order valence-electron chi connectivity index (χ4n) is 1.37. The molecule has 0 aliphatic carbocycles. The van der Waals surface area contributed by atoms with E-state index >= 15 is 0 Å². The van der Waals surface area contributed by atoms with Crippen LogP contribution in [0.1, 0.15) is 33.1 Å². The van der Waals surface area contributed by atoms with Crippen LogP contribution in [0.15, 0.2) is 0 Å². The fourth-order valence-corrected chi connectivity index (χ4v) is 1.37. The largest absolute Gasteiger partial charge is 0.381 e. The lowest BCUT2D eigenvalue weighted by Gasteiger charge is -2.21. The number of rotatable bonds is 1. The van der Waals surface area contributed by atoms with Gasteiger partial charge in [0, 0.05) is 6.00 Å². The van der Waals surface area contributed by atoms with Crippen LogP contribution in [0, 0.1) is 0 Å². The summed E-state index contributed by atoms with van der Waals surface area (Å²) in [4.78, 5) is 0. The third-order valence-electron chi connectivity index (χ3n) is 2.31. The van der Waals surface area contributed by atoms with Gasteiger partial charge >= 0.3 is 0 Å². The second kappa shape index (κ2) is 2.33. The van der Waals surface area contributed by atoms with E-state index in [1.54, 1.807) is 0 Å². The highest BCUT2D eigenvalue weighted by atomic mass is 16.5. The van der Waals surface area contributed by atoms with Crippen molar-refractivity contribution in [1.29, 1.82) is 0 Å². The van der Waals surface area contributed by atoms with Crippen LogP contribution in [-0.4, -0.2) is 19.5 Å². The highest BCUT2D eigenvalue weighted by Crippen LogP contribution is 2.30. The van der Waals surface area contributed by atoms with Gasteiger partial charge in [0.05, 0.1) is 5.60 Å². The molecule has 2 heteroatoms. The average molecular weight is 126 g/mol. The Labute approximate surface area is 58.2 Å². The molecule has 52 valence electrons. The highest BCUT2D eigenvalue weighted by molar-refractivity contribution is 6.11. The van der Waals surface area contributed by atoms with E-state index < -0.39 is 0 Å². The molecule has 0 aromatic heterocycles. The molecule has 1 heterocycles. The molecule has 2 atom stereocenters. The Hall–Kier alpha value is 0.0249. The summed E-state index contributed by atoms with van der Waals surface area (Å²) in [5.41, 5.74) is 0.208. The summed E-state index contributed by atoms with van der Waals surface area (Å²) in [6, 6.07) is 0.495. The van der Waals surface area contributed by atoms with Crippen molar-refractivity contribution in [3.05, 3.63) is 0 Å². The highest BCUT2D eigenvalue weighted by Gasteiger charge is 2.31. The van der Waals surface area contributed by atoms with E-state index in [2.05, 4.69) is 21.7 Å². The summed E-state index contributed by atoms with van der Waals surface area (Å²) in [6.07, 6.45) is 3.63. The molecule has 1 rings (SSSR count). The van der Waals surface area contributed by atoms with Gasteiger partial charge in [0.15, 0.2) is 0 Å². The number of hydrogen-bond donors (Lipinski definition) is 0. The fraction of sp³-hybridized carbons (Fsp3) is 1.00. The van der Waals surface area contributed by atoms with Crippen LogP contribution in [0.25, 0.3) is 0 Å². The summed E-state index contributed by atoms with van der Waals surface area (Å²) < 4.78 is 5.70. The first-order chi connectivity index (χ1) is 4.16. The van der Waals surface area contributed by atoms with E-state index in [9.17, 15) is 0 Å². The minimum absolute atomic E-state index is 0.208. The summed E-state index contributed by atoms with van der Waals surface area (Å²) in [5.74, 6) is 0. The molecule has 0 spiro atoms. The molecule has 0 aromatic carbocycles. The zero-order valence-corrected chi connectivity index (χ0v) is 6.61. The van der Waals surface area contributed by atoms with Gasteiger partial charge in [0.1, 0.15) is 7.85 Å². The van der Waals surface area contributed by atoms with Crippen molar-refractivity contribution in [1.82, 2.24) is 0 Å². The normalized spacial score (nSPS) is 43.6. The Balaban J connectivity index is 2.45. The number of ether oxygens (including phenoxy) is 1. The molecule has 0 radical (unpaired) electrons. The molecule has 0 unspecified atom stereocenters. The van der Waals surface area contributed by atoms with Gasteiger partial charge in [-0.3, -0.25) is 0 Å². The van der Waals surface area contributed by atoms with Crippen LogP contribution in [-0.2, 0) is 4.74 Å². The van der Waals surface area contributed by atoms with Crippen molar-refractivity contribution in [2.45, 2.75) is 44.7 Å². The van der Waals surface area contributed by atoms with Gasteiger partial charge in [-0.2, -0.15) is 0 Å². The zero-order valence-electron chi connectivity index (χ0n) is 6.61. The second-order valence-electron chi connectivity index (χ2n) is 3.27. The zero-order chi connectivity index (χ0) is 6.91. The summed E-state index contributed by atoms with van der Waals surface area (Å²) in [5, 5.41) is 0. The Kier molecular flexibility index (Phi) is 1.85. The molecular formula is C7H15BO. The summed E-state index contributed by atoms with van der Waals surface area (Å²) in [7, 11) is 2.15. The molecule has 0 bridgehead atoms. The van der Waals surface area contributed by atoms with Gasteiger partial charge in [-0.25, -0.2) is 0 Å².